The summed E-state index contributed by atoms with van der Waals surface area (Å²) < 4.78 is 9.27. The van der Waals surface area contributed by atoms with E-state index in [1.54, 1.807) is 0 Å². The van der Waals surface area contributed by atoms with Gasteiger partial charge >= 0.3 is 6.09 Å². The number of hydrogen-bond donors (Lipinski definition) is 1. The molecule has 0 spiro atoms. The number of alkyl carbamates (subject to hydrolysis) is 1. The molecule has 0 radical (unpaired) electrons. The quantitative estimate of drug-likeness (QED) is 0.377. The highest BCUT2D eigenvalue weighted by molar-refractivity contribution is 7.21. The van der Waals surface area contributed by atoms with E-state index in [-0.39, 0.29) is 6.09 Å². The number of nitrogens with one attached hydrogen (secondary N) is 1. The van der Waals surface area contributed by atoms with E-state index < -0.39 is 5.60 Å². The van der Waals surface area contributed by atoms with Gasteiger partial charge < -0.3 is 19.9 Å². The van der Waals surface area contributed by atoms with E-state index in [2.05, 4.69) is 50.0 Å². The van der Waals surface area contributed by atoms with Crippen LogP contribution < -0.4 is 25.0 Å². The Morgan fingerprint density at radius 1 is 1.00 bits per heavy atom. The zero-order valence-corrected chi connectivity index (χ0v) is 24.2. The van der Waals surface area contributed by atoms with Gasteiger partial charge in [0.25, 0.3) is 0 Å². The van der Waals surface area contributed by atoms with Crippen LogP contribution in [0.5, 0.6) is 0 Å². The number of piperidine rings is 1. The molecule has 1 saturated carbocycles. The first-order chi connectivity index (χ1) is 18.8. The fraction of sp³-hybridized carbons (Fsp3) is 0.581. The third kappa shape index (κ3) is 4.96. The third-order valence-corrected chi connectivity index (χ3v) is 10.0. The minimum Gasteiger partial charge on any atom is -0.444 e. The molecule has 2 aliphatic carbocycles. The van der Waals surface area contributed by atoms with Crippen molar-refractivity contribution < 1.29 is 9.53 Å². The predicted octanol–water partition coefficient (Wildman–Crippen LogP) is 4.77. The molecule has 4 heterocycles. The maximum absolute atomic E-state index is 12.2. The summed E-state index contributed by atoms with van der Waals surface area (Å²) in [6.07, 6.45) is 4.81. The number of ether oxygens (including phenoxy) is 1. The van der Waals surface area contributed by atoms with Crippen LogP contribution in [0.25, 0.3) is 20.8 Å². The van der Waals surface area contributed by atoms with Crippen LogP contribution in [0.1, 0.15) is 46.5 Å². The van der Waals surface area contributed by atoms with Crippen LogP contribution in [0.3, 0.4) is 0 Å². The molecule has 1 aromatic carbocycles. The average Bonchev–Trinajstić information content (AvgIpc) is 3.47. The highest BCUT2D eigenvalue weighted by Gasteiger charge is 2.59. The molecule has 0 aromatic heterocycles. The van der Waals surface area contributed by atoms with Gasteiger partial charge in [-0.25, -0.2) is 14.4 Å². The Balaban J connectivity index is 1.20. The molecule has 7 nitrogen and oxygen atoms in total. The van der Waals surface area contributed by atoms with E-state index in [9.17, 15) is 4.79 Å². The molecule has 4 fully saturated rings. The third-order valence-electron chi connectivity index (χ3n) is 8.97. The van der Waals surface area contributed by atoms with Gasteiger partial charge in [0.1, 0.15) is 18.7 Å². The number of nitrogens with zero attached hydrogens (tertiary/aromatic N) is 4. The summed E-state index contributed by atoms with van der Waals surface area (Å²) in [5, 5.41) is 4.28. The van der Waals surface area contributed by atoms with Gasteiger partial charge in [0.15, 0.2) is 5.69 Å². The number of anilines is 2. The van der Waals surface area contributed by atoms with Crippen molar-refractivity contribution in [2.24, 2.45) is 17.8 Å². The highest BCUT2D eigenvalue weighted by Crippen LogP contribution is 2.49. The lowest BCUT2D eigenvalue weighted by atomic mass is 10.1. The summed E-state index contributed by atoms with van der Waals surface area (Å²) in [6.45, 7) is 13.1. The first kappa shape index (κ1) is 25.1. The van der Waals surface area contributed by atoms with Crippen LogP contribution in [-0.2, 0) is 4.74 Å². The zero-order chi connectivity index (χ0) is 26.7. The minimum atomic E-state index is -0.463. The van der Waals surface area contributed by atoms with Crippen LogP contribution >= 0.6 is 11.3 Å². The number of rotatable bonds is 4. The number of fused-ring (bicyclic) bond motifs is 3. The Labute approximate surface area is 234 Å². The molecule has 1 amide bonds. The summed E-state index contributed by atoms with van der Waals surface area (Å²) in [5.74, 6) is 1.79. The van der Waals surface area contributed by atoms with Crippen molar-refractivity contribution in [3.05, 3.63) is 35.7 Å². The molecule has 7 rings (SSSR count). The number of carbonyl (C=O) groups excluding carboxylic acids is 1. The second-order valence-corrected chi connectivity index (χ2v) is 13.9. The first-order valence-electron chi connectivity index (χ1n) is 14.8. The molecule has 6 aliphatic rings. The Kier molecular flexibility index (Phi) is 6.21. The number of aromatic nitrogens is 1. The molecule has 8 heteroatoms. The van der Waals surface area contributed by atoms with E-state index in [4.69, 9.17) is 9.72 Å². The van der Waals surface area contributed by atoms with Gasteiger partial charge in [-0.15, -0.1) is 11.3 Å². The van der Waals surface area contributed by atoms with Crippen molar-refractivity contribution >= 4 is 39.0 Å². The van der Waals surface area contributed by atoms with Crippen molar-refractivity contribution in [2.45, 2.75) is 52.1 Å². The van der Waals surface area contributed by atoms with Gasteiger partial charge in [-0.3, -0.25) is 0 Å². The van der Waals surface area contributed by atoms with Crippen molar-refractivity contribution in [2.75, 3.05) is 55.6 Å². The van der Waals surface area contributed by atoms with E-state index in [1.165, 1.54) is 52.0 Å². The normalized spacial score (nSPS) is 24.6. The van der Waals surface area contributed by atoms with Crippen LogP contribution in [0.15, 0.2) is 30.3 Å². The average molecular weight is 547 g/mol. The smallest absolute Gasteiger partial charge is 0.407 e. The molecule has 0 bridgehead atoms. The number of benzene rings is 2. The predicted molar refractivity (Wildman–Crippen MR) is 159 cm³/mol. The molecular formula is C31H40N5O2S+. The summed E-state index contributed by atoms with van der Waals surface area (Å²) in [7, 11) is 0. The maximum Gasteiger partial charge on any atom is 0.407 e. The van der Waals surface area contributed by atoms with Crippen molar-refractivity contribution in [3.63, 3.8) is 0 Å². The molecule has 2 unspecified atom stereocenters. The molecule has 1 aromatic rings. The number of carbonyl (C=O) groups is 1. The summed E-state index contributed by atoms with van der Waals surface area (Å²) in [6, 6.07) is 11.6. The Morgan fingerprint density at radius 3 is 2.33 bits per heavy atom. The van der Waals surface area contributed by atoms with Gasteiger partial charge in [0.2, 0.25) is 5.36 Å². The van der Waals surface area contributed by atoms with Gasteiger partial charge in [-0.1, -0.05) is 0 Å². The van der Waals surface area contributed by atoms with E-state index in [1.807, 2.05) is 32.1 Å². The lowest BCUT2D eigenvalue weighted by Crippen LogP contribution is -2.37. The maximum atomic E-state index is 12.2. The Bertz CT molecular complexity index is 1430. The summed E-state index contributed by atoms with van der Waals surface area (Å²) in [5.41, 5.74) is 4.43. The second kappa shape index (κ2) is 9.65. The van der Waals surface area contributed by atoms with Crippen LogP contribution in [-0.4, -0.2) is 62.5 Å². The lowest BCUT2D eigenvalue weighted by molar-refractivity contribution is 0.0523. The second-order valence-electron chi connectivity index (χ2n) is 12.8. The fourth-order valence-electron chi connectivity index (χ4n) is 6.92. The first-order valence-corrected chi connectivity index (χ1v) is 15.6. The highest BCUT2D eigenvalue weighted by atomic mass is 32.1. The van der Waals surface area contributed by atoms with Crippen LogP contribution in [0.2, 0.25) is 0 Å². The Morgan fingerprint density at radius 2 is 1.67 bits per heavy atom. The molecule has 1 N–H and O–H groups in total. The SMILES string of the molecule is CC(C)(C)OC(=O)NCC1C2C[N+](=c3cc(N4CCCC4)cc4sc5cc(N6CCCC6)ccc5nc3-4)CC12. The standard InChI is InChI=1S/C31H39N5O2S/c1-31(2,3)38-30(37)32-17-22-23-18-36(19-24(22)23)26-14-21(35-12-6-7-13-35)16-28-29(26)33-25-9-8-20(15-27(25)39-28)34-10-4-5-11-34/h8-9,14-16,22-24H,4-7,10-13,17-19H2,1-3H3/p+1. The Hall–Kier alpha value is -2.87. The van der Waals surface area contributed by atoms with Crippen LogP contribution in [0, 0.1) is 17.8 Å². The lowest BCUT2D eigenvalue weighted by Gasteiger charge is -2.20. The van der Waals surface area contributed by atoms with Gasteiger partial charge in [0, 0.05) is 62.0 Å². The van der Waals surface area contributed by atoms with E-state index >= 15 is 0 Å². The molecule has 3 saturated heterocycles. The van der Waals surface area contributed by atoms with Crippen molar-refractivity contribution in [1.29, 1.82) is 0 Å². The minimum absolute atomic E-state index is 0.306. The molecular weight excluding hydrogens is 506 g/mol. The fourth-order valence-corrected chi connectivity index (χ4v) is 7.98. The van der Waals surface area contributed by atoms with Crippen LogP contribution in [0.4, 0.5) is 16.2 Å². The molecule has 39 heavy (non-hydrogen) atoms. The monoisotopic (exact) mass is 546 g/mol. The number of hydrogen-bond acceptors (Lipinski definition) is 6. The zero-order valence-electron chi connectivity index (χ0n) is 23.4. The van der Waals surface area contributed by atoms with Gasteiger partial charge in [0.05, 0.1) is 15.1 Å². The van der Waals surface area contributed by atoms with Crippen molar-refractivity contribution in [3.8, 4) is 10.6 Å². The molecule has 206 valence electrons. The topological polar surface area (TPSA) is 60.7 Å². The van der Waals surface area contributed by atoms with Gasteiger partial charge in [-0.05, 0) is 76.6 Å². The van der Waals surface area contributed by atoms with Crippen molar-refractivity contribution in [1.82, 2.24) is 14.9 Å². The van der Waals surface area contributed by atoms with E-state index in [0.717, 1.165) is 50.5 Å². The molecule has 4 aliphatic heterocycles. The molecule has 2 atom stereocenters. The van der Waals surface area contributed by atoms with Gasteiger partial charge in [-0.2, -0.15) is 0 Å². The number of amides is 1. The summed E-state index contributed by atoms with van der Waals surface area (Å²) in [4.78, 5) is 23.8. The van der Waals surface area contributed by atoms with E-state index in [0.29, 0.717) is 24.3 Å². The largest absolute Gasteiger partial charge is 0.444 e. The summed E-state index contributed by atoms with van der Waals surface area (Å²) >= 11 is 1.89.